The number of carbonyl (C=O) groups is 2. The zero-order valence-electron chi connectivity index (χ0n) is 16.6. The van der Waals surface area contributed by atoms with E-state index in [0.717, 1.165) is 16.3 Å². The fourth-order valence-corrected chi connectivity index (χ4v) is 10.6. The number of nitrogens with zero attached hydrogens (tertiary/aromatic N) is 1. The van der Waals surface area contributed by atoms with E-state index >= 15 is 0 Å². The minimum absolute atomic E-state index is 0.0300. The average molecular weight is 501 g/mol. The molecule has 2 bridgehead atoms. The molecule has 3 aromatic rings. The molecule has 2 aliphatic carbocycles. The first-order valence-corrected chi connectivity index (χ1v) is 13.5. The molecular formula is C23H17ClN2O3S3. The number of amides is 2. The number of benzene rings is 1. The molecule has 2 saturated carbocycles. The molecule has 2 aliphatic heterocycles. The molecule has 7 rings (SSSR count). The SMILES string of the molecule is O=C1[C@@H]2[C@H]3C[C@@H]([C@H]4Sc5[nH]c(=O)sc5[C@@H](c5cccs5)[C@@H]34)[C@H]2C(=O)N1c1ccc(Cl)cc1. The number of H-pyrrole nitrogens is 1. The molecule has 4 aliphatic rings. The first kappa shape index (κ1) is 19.6. The number of halogens is 1. The Bertz CT molecular complexity index is 1310. The number of rotatable bonds is 2. The van der Waals surface area contributed by atoms with Gasteiger partial charge in [0.1, 0.15) is 0 Å². The molecule has 5 nitrogen and oxygen atoms in total. The van der Waals surface area contributed by atoms with Crippen molar-refractivity contribution in [3.63, 3.8) is 0 Å². The number of aromatic nitrogens is 1. The van der Waals surface area contributed by atoms with Crippen LogP contribution in [0.25, 0.3) is 0 Å². The lowest BCUT2D eigenvalue weighted by Crippen LogP contribution is -2.42. The Labute approximate surface area is 200 Å². The maximum absolute atomic E-state index is 13.6. The van der Waals surface area contributed by atoms with E-state index in [4.69, 9.17) is 11.6 Å². The second-order valence-electron chi connectivity index (χ2n) is 8.96. The van der Waals surface area contributed by atoms with Gasteiger partial charge >= 0.3 is 4.87 Å². The minimum atomic E-state index is -0.273. The average Bonchev–Trinajstić information content (AvgIpc) is 3.57. The first-order valence-electron chi connectivity index (χ1n) is 10.6. The van der Waals surface area contributed by atoms with Crippen LogP contribution in [0.4, 0.5) is 5.69 Å². The number of hydrogen-bond donors (Lipinski definition) is 1. The van der Waals surface area contributed by atoms with E-state index in [9.17, 15) is 14.4 Å². The van der Waals surface area contributed by atoms with E-state index in [1.807, 2.05) is 6.07 Å². The van der Waals surface area contributed by atoms with Gasteiger partial charge in [-0.3, -0.25) is 19.3 Å². The molecule has 1 saturated heterocycles. The third kappa shape index (κ3) is 2.49. The molecule has 0 radical (unpaired) electrons. The summed E-state index contributed by atoms with van der Waals surface area (Å²) in [5.41, 5.74) is 0.604. The topological polar surface area (TPSA) is 70.2 Å². The van der Waals surface area contributed by atoms with E-state index in [1.165, 1.54) is 21.1 Å². The summed E-state index contributed by atoms with van der Waals surface area (Å²) in [6.07, 6.45) is 0.907. The van der Waals surface area contributed by atoms with Gasteiger partial charge in [-0.1, -0.05) is 29.0 Å². The van der Waals surface area contributed by atoms with Crippen molar-refractivity contribution >= 4 is 63.5 Å². The molecular weight excluding hydrogens is 484 g/mol. The molecule has 2 aromatic heterocycles. The Morgan fingerprint density at radius 1 is 1.00 bits per heavy atom. The fraction of sp³-hybridized carbons (Fsp3) is 0.348. The van der Waals surface area contributed by atoms with Crippen molar-refractivity contribution in [3.8, 4) is 0 Å². The van der Waals surface area contributed by atoms with Gasteiger partial charge in [0.2, 0.25) is 11.8 Å². The number of hydrogen-bond acceptors (Lipinski definition) is 6. The van der Waals surface area contributed by atoms with Gasteiger partial charge in [-0.15, -0.1) is 23.1 Å². The lowest BCUT2D eigenvalue weighted by Gasteiger charge is -2.42. The van der Waals surface area contributed by atoms with Crippen molar-refractivity contribution in [1.29, 1.82) is 0 Å². The van der Waals surface area contributed by atoms with Crippen LogP contribution in [-0.4, -0.2) is 22.0 Å². The summed E-state index contributed by atoms with van der Waals surface area (Å²) >= 11 is 10.8. The molecule has 7 atom stereocenters. The maximum Gasteiger partial charge on any atom is 0.305 e. The van der Waals surface area contributed by atoms with E-state index in [1.54, 1.807) is 47.4 Å². The molecule has 32 heavy (non-hydrogen) atoms. The van der Waals surface area contributed by atoms with Gasteiger partial charge in [0.05, 0.1) is 22.5 Å². The molecule has 4 heterocycles. The Balaban J connectivity index is 1.32. The van der Waals surface area contributed by atoms with Crippen LogP contribution in [0, 0.1) is 29.6 Å². The Morgan fingerprint density at radius 3 is 2.47 bits per heavy atom. The second-order valence-corrected chi connectivity index (χ2v) is 12.6. The number of thiazole rings is 1. The van der Waals surface area contributed by atoms with Gasteiger partial charge in [-0.25, -0.2) is 0 Å². The highest BCUT2D eigenvalue weighted by molar-refractivity contribution is 8.00. The van der Waals surface area contributed by atoms with Crippen molar-refractivity contribution in [2.75, 3.05) is 4.90 Å². The molecule has 1 N–H and O–H groups in total. The zero-order valence-corrected chi connectivity index (χ0v) is 19.8. The smallest absolute Gasteiger partial charge is 0.305 e. The van der Waals surface area contributed by atoms with Crippen LogP contribution in [0.3, 0.4) is 0 Å². The van der Waals surface area contributed by atoms with Crippen LogP contribution < -0.4 is 9.77 Å². The molecule has 3 fully saturated rings. The Hall–Kier alpha value is -1.87. The quantitative estimate of drug-likeness (QED) is 0.512. The van der Waals surface area contributed by atoms with Crippen molar-refractivity contribution in [1.82, 2.24) is 4.98 Å². The molecule has 1 aromatic carbocycles. The molecule has 0 unspecified atom stereocenters. The number of carbonyl (C=O) groups excluding carboxylic acids is 2. The van der Waals surface area contributed by atoms with E-state index in [2.05, 4.69) is 16.4 Å². The number of thioether (sulfide) groups is 1. The molecule has 9 heteroatoms. The summed E-state index contributed by atoms with van der Waals surface area (Å²) in [7, 11) is 0. The summed E-state index contributed by atoms with van der Waals surface area (Å²) in [6, 6.07) is 11.1. The highest BCUT2D eigenvalue weighted by Crippen LogP contribution is 2.68. The Morgan fingerprint density at radius 2 is 1.75 bits per heavy atom. The van der Waals surface area contributed by atoms with Gasteiger partial charge in [0.15, 0.2) is 0 Å². The summed E-state index contributed by atoms with van der Waals surface area (Å²) in [4.78, 5) is 46.1. The maximum atomic E-state index is 13.6. The number of anilines is 1. The van der Waals surface area contributed by atoms with Crippen LogP contribution in [0.15, 0.2) is 51.6 Å². The van der Waals surface area contributed by atoms with Gasteiger partial charge in [-0.05, 0) is 59.9 Å². The van der Waals surface area contributed by atoms with Gasteiger partial charge < -0.3 is 4.98 Å². The van der Waals surface area contributed by atoms with Crippen molar-refractivity contribution in [3.05, 3.63) is 66.2 Å². The Kier molecular flexibility index (Phi) is 4.18. The van der Waals surface area contributed by atoms with Crippen molar-refractivity contribution in [2.45, 2.75) is 22.6 Å². The summed E-state index contributed by atoms with van der Waals surface area (Å²) in [5, 5.41) is 3.83. The lowest BCUT2D eigenvalue weighted by atomic mass is 9.69. The van der Waals surface area contributed by atoms with Gasteiger partial charge in [-0.2, -0.15) is 0 Å². The zero-order chi connectivity index (χ0) is 21.7. The number of fused-ring (bicyclic) bond motifs is 9. The third-order valence-corrected chi connectivity index (χ3v) is 11.5. The molecule has 162 valence electrons. The van der Waals surface area contributed by atoms with Crippen molar-refractivity contribution in [2.24, 2.45) is 29.6 Å². The second kappa shape index (κ2) is 6.82. The highest BCUT2D eigenvalue weighted by Gasteiger charge is 2.69. The van der Waals surface area contributed by atoms with E-state index < -0.39 is 0 Å². The van der Waals surface area contributed by atoms with Gasteiger partial charge in [0, 0.05) is 25.9 Å². The number of aromatic amines is 1. The van der Waals surface area contributed by atoms with Crippen LogP contribution >= 0.6 is 46.0 Å². The predicted molar refractivity (Wildman–Crippen MR) is 127 cm³/mol. The van der Waals surface area contributed by atoms with Crippen LogP contribution in [0.2, 0.25) is 5.02 Å². The van der Waals surface area contributed by atoms with E-state index in [0.29, 0.717) is 10.7 Å². The highest BCUT2D eigenvalue weighted by atomic mass is 35.5. The number of nitrogens with one attached hydrogen (secondary N) is 1. The number of imide groups is 1. The summed E-state index contributed by atoms with van der Waals surface area (Å²) in [5.74, 6) is -0.0317. The van der Waals surface area contributed by atoms with E-state index in [-0.39, 0.29) is 57.4 Å². The number of thiophene rings is 1. The minimum Gasteiger partial charge on any atom is -0.307 e. The third-order valence-electron chi connectivity index (χ3n) is 7.66. The summed E-state index contributed by atoms with van der Waals surface area (Å²) < 4.78 is 0. The van der Waals surface area contributed by atoms with Gasteiger partial charge in [0.25, 0.3) is 0 Å². The predicted octanol–water partition coefficient (Wildman–Crippen LogP) is 4.83. The molecule has 2 amide bonds. The van der Waals surface area contributed by atoms with Crippen LogP contribution in [0.1, 0.15) is 22.1 Å². The standard InChI is InChI=1S/C23H17ClN2O3S3/c24-9-3-5-10(6-4-9)26-21(27)15-11-8-12(16(15)22(26)28)18-14(11)17(13-2-1-7-30-13)19-20(31-18)25-23(29)32-19/h1-7,11-12,14-18H,8H2,(H,25,29)/t11-,12+,14+,15+,16+,17-,18+/m0/s1. The fourth-order valence-electron chi connectivity index (χ4n) is 6.65. The van der Waals surface area contributed by atoms with Crippen LogP contribution in [0.5, 0.6) is 0 Å². The molecule has 0 spiro atoms. The lowest BCUT2D eigenvalue weighted by molar-refractivity contribution is -0.123. The normalized spacial score (nSPS) is 34.7. The van der Waals surface area contributed by atoms with Crippen LogP contribution in [-0.2, 0) is 9.59 Å². The first-order chi connectivity index (χ1) is 15.5. The van der Waals surface area contributed by atoms with Crippen molar-refractivity contribution < 1.29 is 9.59 Å². The summed E-state index contributed by atoms with van der Waals surface area (Å²) in [6.45, 7) is 0. The monoisotopic (exact) mass is 500 g/mol. The largest absolute Gasteiger partial charge is 0.307 e.